The standard InChI is InChI=1S/C16H18ClFN2O/c1-2-3-4-5-10-21-12-8-9-19-14(11-12)13-6-7-15(18)20-16(13)17/h6-9,11H,2-5,10H2,1H3. The number of rotatable bonds is 7. The highest BCUT2D eigenvalue weighted by Gasteiger charge is 2.08. The molecule has 2 heterocycles. The van der Waals surface area contributed by atoms with Gasteiger partial charge in [0.05, 0.1) is 12.3 Å². The molecule has 0 amide bonds. The zero-order chi connectivity index (χ0) is 15.1. The van der Waals surface area contributed by atoms with Crippen molar-refractivity contribution in [2.45, 2.75) is 32.6 Å². The average Bonchev–Trinajstić information content (AvgIpc) is 2.47. The number of aromatic nitrogens is 2. The number of hydrogen-bond acceptors (Lipinski definition) is 3. The van der Waals surface area contributed by atoms with E-state index in [0.717, 1.165) is 12.2 Å². The van der Waals surface area contributed by atoms with Gasteiger partial charge in [-0.05, 0) is 24.6 Å². The molecule has 2 rings (SSSR count). The highest BCUT2D eigenvalue weighted by Crippen LogP contribution is 2.27. The first-order chi connectivity index (χ1) is 10.2. The van der Waals surface area contributed by atoms with Gasteiger partial charge in [-0.15, -0.1) is 0 Å². The Labute approximate surface area is 129 Å². The van der Waals surface area contributed by atoms with Crippen molar-refractivity contribution in [3.05, 3.63) is 41.6 Å². The van der Waals surface area contributed by atoms with Crippen molar-refractivity contribution in [1.82, 2.24) is 9.97 Å². The van der Waals surface area contributed by atoms with E-state index in [0.29, 0.717) is 17.9 Å². The number of halogens is 2. The summed E-state index contributed by atoms with van der Waals surface area (Å²) < 4.78 is 18.7. The fraction of sp³-hybridized carbons (Fsp3) is 0.375. The lowest BCUT2D eigenvalue weighted by atomic mass is 10.2. The van der Waals surface area contributed by atoms with Crippen LogP contribution in [0.4, 0.5) is 4.39 Å². The maximum Gasteiger partial charge on any atom is 0.214 e. The van der Waals surface area contributed by atoms with Crippen LogP contribution in [0.3, 0.4) is 0 Å². The van der Waals surface area contributed by atoms with Gasteiger partial charge in [0.15, 0.2) is 0 Å². The van der Waals surface area contributed by atoms with E-state index in [-0.39, 0.29) is 5.15 Å². The fourth-order valence-electron chi connectivity index (χ4n) is 1.97. The van der Waals surface area contributed by atoms with Gasteiger partial charge in [0.1, 0.15) is 10.9 Å². The Bertz CT molecular complexity index is 592. The van der Waals surface area contributed by atoms with Crippen molar-refractivity contribution in [3.63, 3.8) is 0 Å². The van der Waals surface area contributed by atoms with Crippen LogP contribution in [0.5, 0.6) is 5.75 Å². The van der Waals surface area contributed by atoms with Crippen LogP contribution in [-0.4, -0.2) is 16.6 Å². The minimum Gasteiger partial charge on any atom is -0.493 e. The zero-order valence-electron chi connectivity index (χ0n) is 12.0. The van der Waals surface area contributed by atoms with Gasteiger partial charge in [0, 0.05) is 17.8 Å². The zero-order valence-corrected chi connectivity index (χ0v) is 12.7. The predicted octanol–water partition coefficient (Wildman–Crippen LogP) is 4.90. The number of unbranched alkanes of at least 4 members (excludes halogenated alkanes) is 3. The van der Waals surface area contributed by atoms with Gasteiger partial charge in [-0.3, -0.25) is 4.98 Å². The second-order valence-corrected chi connectivity index (χ2v) is 5.12. The molecule has 0 aromatic carbocycles. The summed E-state index contributed by atoms with van der Waals surface area (Å²) in [5.74, 6) is 0.129. The Morgan fingerprint density at radius 1 is 1.19 bits per heavy atom. The van der Waals surface area contributed by atoms with Crippen molar-refractivity contribution in [1.29, 1.82) is 0 Å². The molecular weight excluding hydrogens is 291 g/mol. The van der Waals surface area contributed by atoms with Crippen LogP contribution in [0.25, 0.3) is 11.3 Å². The summed E-state index contributed by atoms with van der Waals surface area (Å²) in [5, 5.41) is 0.0996. The number of ether oxygens (including phenoxy) is 1. The molecule has 3 nitrogen and oxygen atoms in total. The lowest BCUT2D eigenvalue weighted by Gasteiger charge is -2.08. The van der Waals surface area contributed by atoms with E-state index >= 15 is 0 Å². The summed E-state index contributed by atoms with van der Waals surface area (Å²) in [6.07, 6.45) is 6.28. The summed E-state index contributed by atoms with van der Waals surface area (Å²) in [6.45, 7) is 2.86. The van der Waals surface area contributed by atoms with Crippen LogP contribution >= 0.6 is 11.6 Å². The van der Waals surface area contributed by atoms with E-state index in [1.54, 1.807) is 24.4 Å². The van der Waals surface area contributed by atoms with Crippen molar-refractivity contribution < 1.29 is 9.13 Å². The lowest BCUT2D eigenvalue weighted by molar-refractivity contribution is 0.305. The fourth-order valence-corrected chi connectivity index (χ4v) is 2.21. The minimum atomic E-state index is -0.605. The first kappa shape index (κ1) is 15.7. The third-order valence-electron chi connectivity index (χ3n) is 3.09. The molecule has 0 aliphatic rings. The highest BCUT2D eigenvalue weighted by molar-refractivity contribution is 6.32. The molecule has 0 saturated carbocycles. The summed E-state index contributed by atoms with van der Waals surface area (Å²) in [4.78, 5) is 7.82. The summed E-state index contributed by atoms with van der Waals surface area (Å²) in [5.41, 5.74) is 1.22. The smallest absolute Gasteiger partial charge is 0.214 e. The molecule has 0 spiro atoms. The molecule has 2 aromatic heterocycles. The van der Waals surface area contributed by atoms with E-state index < -0.39 is 5.95 Å². The molecule has 0 radical (unpaired) electrons. The van der Waals surface area contributed by atoms with Crippen molar-refractivity contribution >= 4 is 11.6 Å². The molecule has 0 unspecified atom stereocenters. The number of hydrogen-bond donors (Lipinski definition) is 0. The average molecular weight is 309 g/mol. The van der Waals surface area contributed by atoms with Crippen LogP contribution in [0.15, 0.2) is 30.5 Å². The molecule has 0 N–H and O–H groups in total. The molecule has 0 aliphatic carbocycles. The monoisotopic (exact) mass is 308 g/mol. The first-order valence-electron chi connectivity index (χ1n) is 7.12. The molecule has 0 saturated heterocycles. The van der Waals surface area contributed by atoms with Crippen LogP contribution in [-0.2, 0) is 0 Å². The molecule has 0 atom stereocenters. The Morgan fingerprint density at radius 2 is 2.05 bits per heavy atom. The van der Waals surface area contributed by atoms with Crippen molar-refractivity contribution in [3.8, 4) is 17.0 Å². The Hall–Kier alpha value is -1.68. The SMILES string of the molecule is CCCCCCOc1ccnc(-c2ccc(F)nc2Cl)c1. The largest absolute Gasteiger partial charge is 0.493 e. The van der Waals surface area contributed by atoms with Gasteiger partial charge >= 0.3 is 0 Å². The molecule has 0 bridgehead atoms. The molecule has 2 aromatic rings. The molecule has 112 valence electrons. The number of nitrogens with zero attached hydrogens (tertiary/aromatic N) is 2. The topological polar surface area (TPSA) is 35.0 Å². The lowest BCUT2D eigenvalue weighted by Crippen LogP contribution is -1.98. The quantitative estimate of drug-likeness (QED) is 0.539. The molecule has 21 heavy (non-hydrogen) atoms. The summed E-state index contributed by atoms with van der Waals surface area (Å²) >= 11 is 5.95. The van der Waals surface area contributed by atoms with Crippen LogP contribution in [0, 0.1) is 5.95 Å². The van der Waals surface area contributed by atoms with Gasteiger partial charge in [-0.25, -0.2) is 4.98 Å². The maximum atomic E-state index is 13.0. The molecule has 0 aliphatic heterocycles. The van der Waals surface area contributed by atoms with E-state index in [9.17, 15) is 4.39 Å². The van der Waals surface area contributed by atoms with Gasteiger partial charge in [-0.1, -0.05) is 37.8 Å². The van der Waals surface area contributed by atoms with Crippen LogP contribution in [0.2, 0.25) is 5.15 Å². The van der Waals surface area contributed by atoms with Crippen LogP contribution < -0.4 is 4.74 Å². The molecule has 0 fully saturated rings. The Morgan fingerprint density at radius 3 is 2.81 bits per heavy atom. The summed E-state index contributed by atoms with van der Waals surface area (Å²) in [6, 6.07) is 6.42. The first-order valence-corrected chi connectivity index (χ1v) is 7.49. The third kappa shape index (κ3) is 4.67. The Balaban J connectivity index is 2.03. The van der Waals surface area contributed by atoms with Gasteiger partial charge < -0.3 is 4.74 Å². The van der Waals surface area contributed by atoms with E-state index in [1.807, 2.05) is 0 Å². The van der Waals surface area contributed by atoms with Gasteiger partial charge in [-0.2, -0.15) is 4.39 Å². The normalized spacial score (nSPS) is 10.6. The van der Waals surface area contributed by atoms with Gasteiger partial charge in [0.2, 0.25) is 5.95 Å². The molecule has 5 heteroatoms. The second-order valence-electron chi connectivity index (χ2n) is 4.76. The summed E-state index contributed by atoms with van der Waals surface area (Å²) in [7, 11) is 0. The third-order valence-corrected chi connectivity index (χ3v) is 3.38. The predicted molar refractivity (Wildman–Crippen MR) is 82.1 cm³/mol. The maximum absolute atomic E-state index is 13.0. The van der Waals surface area contributed by atoms with E-state index in [4.69, 9.17) is 16.3 Å². The second kappa shape index (κ2) is 7.93. The van der Waals surface area contributed by atoms with Crippen molar-refractivity contribution in [2.75, 3.05) is 6.61 Å². The van der Waals surface area contributed by atoms with E-state index in [1.165, 1.54) is 25.3 Å². The molecular formula is C16H18ClFN2O. The minimum absolute atomic E-state index is 0.0996. The van der Waals surface area contributed by atoms with Gasteiger partial charge in [0.25, 0.3) is 0 Å². The van der Waals surface area contributed by atoms with Crippen LogP contribution in [0.1, 0.15) is 32.6 Å². The Kier molecular flexibility index (Phi) is 5.93. The number of pyridine rings is 2. The van der Waals surface area contributed by atoms with E-state index in [2.05, 4.69) is 16.9 Å². The highest BCUT2D eigenvalue weighted by atomic mass is 35.5. The van der Waals surface area contributed by atoms with Crippen molar-refractivity contribution in [2.24, 2.45) is 0 Å².